The fraction of sp³-hybridized carbons (Fsp3) is 0.487. The van der Waals surface area contributed by atoms with Crippen molar-refractivity contribution in [2.45, 2.75) is 232 Å². The molecule has 4 aromatic carbocycles. The van der Waals surface area contributed by atoms with E-state index in [4.69, 9.17) is 32.8 Å². The van der Waals surface area contributed by atoms with E-state index < -0.39 is 0 Å². The zero-order valence-electron chi connectivity index (χ0n) is 54.5. The smallest absolute Gasteiger partial charge is 0.306 e. The second kappa shape index (κ2) is 37.6. The van der Waals surface area contributed by atoms with Crippen LogP contribution in [0.15, 0.2) is 157 Å². The first-order chi connectivity index (χ1) is 42.8. The molecule has 2 aromatic heterocycles. The predicted octanol–water partition coefficient (Wildman–Crippen LogP) is 21.4. The van der Waals surface area contributed by atoms with Gasteiger partial charge in [-0.3, -0.25) is 9.59 Å². The van der Waals surface area contributed by atoms with Crippen LogP contribution in [0.5, 0.6) is 11.5 Å². The van der Waals surface area contributed by atoms with E-state index in [1.807, 2.05) is 49.5 Å². The molecule has 0 aliphatic heterocycles. The third kappa shape index (κ3) is 21.5. The standard InChI is InChI=1S/C52H69NO4.C26H35NO4/c1-8-12-21-33-52(34-22-13-9-2)45-32-28-41(37-46(45)51(6,7)44-31-25-39(5)36-47(44)52)50-53-38-48(57-50)40-26-29-43(30-27-40)55-35-23-19-17-15-14-16-18-20-24-49(54)56-42(10-3)11-4;1-4-23(5-2)31-26(28)14-12-10-8-6-7-9-11-13-19-29-24-17-15-22(16-18-24)25-20-27-21(3)30-25/h10-11,25-32,36-38,42H,3-4,8-9,12-24,33-35H2,1-2,5-7H3;4-5,15-18,20,23H,1-2,6-14,19H2,3H3. The van der Waals surface area contributed by atoms with Gasteiger partial charge in [0.2, 0.25) is 5.89 Å². The first-order valence-electron chi connectivity index (χ1n) is 33.3. The van der Waals surface area contributed by atoms with Gasteiger partial charge in [-0.1, -0.05) is 199 Å². The van der Waals surface area contributed by atoms with Gasteiger partial charge in [0.15, 0.2) is 17.4 Å². The molecule has 0 bridgehead atoms. The van der Waals surface area contributed by atoms with Gasteiger partial charge >= 0.3 is 11.9 Å². The van der Waals surface area contributed by atoms with Crippen LogP contribution in [-0.2, 0) is 29.9 Å². The van der Waals surface area contributed by atoms with Crippen molar-refractivity contribution in [2.75, 3.05) is 13.2 Å². The zero-order chi connectivity index (χ0) is 63.0. The number of carbonyl (C=O) groups is 2. The SMILES string of the molecule is C=CC(C=C)OC(=O)CCCCCCCCCCOc1ccc(-c2cnc(-c3ccc4c(c3)C(C)(C)c3ccc(C)cc3C4(CCCCC)CCCCC)o2)cc1.C=CC(C=C)OC(=O)CCCCCCCCCCOc1ccc(-c2cnc(C)o2)cc1. The molecule has 0 N–H and O–H groups in total. The Morgan fingerprint density at radius 2 is 0.909 bits per heavy atom. The van der Waals surface area contributed by atoms with Crippen molar-refractivity contribution in [3.05, 3.63) is 182 Å². The summed E-state index contributed by atoms with van der Waals surface area (Å²) in [6.45, 7) is 29.5. The van der Waals surface area contributed by atoms with Gasteiger partial charge in [-0.2, -0.15) is 0 Å². The van der Waals surface area contributed by atoms with E-state index in [9.17, 15) is 9.59 Å². The van der Waals surface area contributed by atoms with Gasteiger partial charge in [0.05, 0.1) is 25.6 Å². The highest BCUT2D eigenvalue weighted by Crippen LogP contribution is 2.55. The lowest BCUT2D eigenvalue weighted by Crippen LogP contribution is -2.40. The van der Waals surface area contributed by atoms with Gasteiger partial charge in [0.25, 0.3) is 0 Å². The van der Waals surface area contributed by atoms with Crippen LogP contribution < -0.4 is 9.47 Å². The molecule has 474 valence electrons. The highest BCUT2D eigenvalue weighted by Gasteiger charge is 2.46. The van der Waals surface area contributed by atoms with Crippen molar-refractivity contribution in [3.8, 4) is 45.6 Å². The number of ether oxygens (including phenoxy) is 4. The number of aromatic nitrogens is 2. The summed E-state index contributed by atoms with van der Waals surface area (Å²) in [5.74, 6) is 4.27. The van der Waals surface area contributed by atoms with Gasteiger partial charge in [0.1, 0.15) is 23.7 Å². The molecule has 1 aliphatic carbocycles. The largest absolute Gasteiger partial charge is 0.494 e. The maximum atomic E-state index is 11.9. The third-order valence-electron chi connectivity index (χ3n) is 17.2. The summed E-state index contributed by atoms with van der Waals surface area (Å²) in [5.41, 5.74) is 10.2. The van der Waals surface area contributed by atoms with E-state index in [0.717, 1.165) is 104 Å². The Bertz CT molecular complexity index is 3030. The Hall–Kier alpha value is -7.20. The van der Waals surface area contributed by atoms with Crippen molar-refractivity contribution in [2.24, 2.45) is 0 Å². The van der Waals surface area contributed by atoms with E-state index >= 15 is 0 Å². The highest BCUT2D eigenvalue weighted by atomic mass is 16.5. The topological polar surface area (TPSA) is 123 Å². The molecule has 88 heavy (non-hydrogen) atoms. The maximum Gasteiger partial charge on any atom is 0.306 e. The summed E-state index contributed by atoms with van der Waals surface area (Å²) in [6, 6.07) is 30.4. The molecular formula is C78H104N2O8. The number of esters is 2. The number of rotatable bonds is 41. The Labute approximate surface area is 528 Å². The molecule has 0 saturated heterocycles. The van der Waals surface area contributed by atoms with Crippen molar-refractivity contribution in [3.63, 3.8) is 0 Å². The van der Waals surface area contributed by atoms with Crippen LogP contribution in [0.4, 0.5) is 0 Å². The van der Waals surface area contributed by atoms with Crippen molar-refractivity contribution < 1.29 is 37.4 Å². The number of fused-ring (bicyclic) bond motifs is 2. The first kappa shape index (κ1) is 69.9. The molecule has 0 fully saturated rings. The first-order valence-corrected chi connectivity index (χ1v) is 33.3. The number of aryl methyl sites for hydroxylation is 2. The van der Waals surface area contributed by atoms with E-state index in [2.05, 4.69) is 114 Å². The number of oxazole rings is 2. The average molecular weight is 1200 g/mol. The Kier molecular flexibility index (Phi) is 29.9. The number of hydrogen-bond acceptors (Lipinski definition) is 10. The van der Waals surface area contributed by atoms with Crippen molar-refractivity contribution in [1.29, 1.82) is 0 Å². The van der Waals surface area contributed by atoms with Gasteiger partial charge in [-0.05, 0) is 153 Å². The van der Waals surface area contributed by atoms with E-state index in [1.54, 1.807) is 36.1 Å². The van der Waals surface area contributed by atoms with E-state index in [1.165, 1.54) is 119 Å². The summed E-state index contributed by atoms with van der Waals surface area (Å²) < 4.78 is 34.4. The fourth-order valence-corrected chi connectivity index (χ4v) is 12.0. The molecule has 0 atom stereocenters. The van der Waals surface area contributed by atoms with Crippen LogP contribution >= 0.6 is 0 Å². The van der Waals surface area contributed by atoms with Crippen molar-refractivity contribution >= 4 is 11.9 Å². The minimum atomic E-state index is -0.389. The van der Waals surface area contributed by atoms with Crippen molar-refractivity contribution in [1.82, 2.24) is 9.97 Å². The molecule has 0 unspecified atom stereocenters. The second-order valence-corrected chi connectivity index (χ2v) is 24.5. The Morgan fingerprint density at radius 1 is 0.477 bits per heavy atom. The van der Waals surface area contributed by atoms with Crippen LogP contribution in [0.25, 0.3) is 34.1 Å². The molecule has 10 nitrogen and oxygen atoms in total. The number of benzene rings is 4. The molecule has 0 amide bonds. The van der Waals surface area contributed by atoms with Gasteiger partial charge < -0.3 is 27.8 Å². The minimum Gasteiger partial charge on any atom is -0.494 e. The van der Waals surface area contributed by atoms with Crippen LogP contribution in [0, 0.1) is 13.8 Å². The van der Waals surface area contributed by atoms with Gasteiger partial charge in [0, 0.05) is 47.3 Å². The summed E-state index contributed by atoms with van der Waals surface area (Å²) in [5, 5.41) is 0. The normalized spacial score (nSPS) is 12.8. The number of carbonyl (C=O) groups excluding carboxylic acids is 2. The number of unbranched alkanes of at least 4 members (excludes halogenated alkanes) is 18. The summed E-state index contributed by atoms with van der Waals surface area (Å²) in [4.78, 5) is 32.4. The molecule has 0 saturated carbocycles. The van der Waals surface area contributed by atoms with Crippen LogP contribution in [0.1, 0.15) is 228 Å². The Morgan fingerprint density at radius 3 is 1.36 bits per heavy atom. The minimum absolute atomic E-state index is 0.0174. The quantitative estimate of drug-likeness (QED) is 0.0208. The molecule has 6 aromatic rings. The molecule has 1 aliphatic rings. The van der Waals surface area contributed by atoms with Crippen LogP contribution in [-0.4, -0.2) is 47.3 Å². The predicted molar refractivity (Wildman–Crippen MR) is 361 cm³/mol. The second-order valence-electron chi connectivity index (χ2n) is 24.5. The molecule has 0 spiro atoms. The lowest BCUT2D eigenvalue weighted by molar-refractivity contribution is -0.146. The lowest BCUT2D eigenvalue weighted by Gasteiger charge is -2.48. The zero-order valence-corrected chi connectivity index (χ0v) is 54.5. The van der Waals surface area contributed by atoms with E-state index in [-0.39, 0.29) is 35.0 Å². The van der Waals surface area contributed by atoms with Gasteiger partial charge in [-0.25, -0.2) is 9.97 Å². The number of hydrogen-bond donors (Lipinski definition) is 0. The van der Waals surface area contributed by atoms with Crippen LogP contribution in [0.3, 0.4) is 0 Å². The van der Waals surface area contributed by atoms with Gasteiger partial charge in [-0.15, -0.1) is 0 Å². The monoisotopic (exact) mass is 1200 g/mol. The summed E-state index contributed by atoms with van der Waals surface area (Å²) in [7, 11) is 0. The average Bonchev–Trinajstić information content (AvgIpc) is 0.846. The van der Waals surface area contributed by atoms with Crippen LogP contribution in [0.2, 0.25) is 0 Å². The molecule has 2 heterocycles. The fourth-order valence-electron chi connectivity index (χ4n) is 12.0. The molecule has 10 heteroatoms. The Balaban J connectivity index is 0.000000336. The molecule has 7 rings (SSSR count). The molecule has 0 radical (unpaired) electrons. The summed E-state index contributed by atoms with van der Waals surface area (Å²) >= 11 is 0. The molecular weight excluding hydrogens is 1090 g/mol. The maximum absolute atomic E-state index is 11.9. The highest BCUT2D eigenvalue weighted by molar-refractivity contribution is 5.71. The number of nitrogens with zero attached hydrogens (tertiary/aromatic N) is 2. The third-order valence-corrected chi connectivity index (χ3v) is 17.2. The summed E-state index contributed by atoms with van der Waals surface area (Å²) in [6.07, 6.45) is 37.8. The lowest BCUT2D eigenvalue weighted by atomic mass is 9.55. The van der Waals surface area contributed by atoms with E-state index in [0.29, 0.717) is 31.2 Å².